The van der Waals surface area contributed by atoms with Gasteiger partial charge in [-0.25, -0.2) is 8.42 Å². The Hall–Kier alpha value is -2.91. The third-order valence-corrected chi connectivity index (χ3v) is 7.38. The van der Waals surface area contributed by atoms with Crippen molar-refractivity contribution in [3.05, 3.63) is 54.1 Å². The standard InChI is InChI=1S/C23H29N3O5S/c1-31-21-12-5-4-11-20(21)26(16-13-22(24)27)23(28)18-9-8-10-19(17-18)32(29,30)25-14-6-2-3-7-15-25/h4-5,8-12,17H,2-3,6-7,13-16H2,1H3,(H2,24,27). The molecule has 1 saturated heterocycles. The predicted molar refractivity (Wildman–Crippen MR) is 122 cm³/mol. The summed E-state index contributed by atoms with van der Waals surface area (Å²) >= 11 is 0. The van der Waals surface area contributed by atoms with Gasteiger partial charge in [-0.05, 0) is 43.2 Å². The van der Waals surface area contributed by atoms with Crippen molar-refractivity contribution >= 4 is 27.5 Å². The van der Waals surface area contributed by atoms with Gasteiger partial charge in [0.05, 0.1) is 17.7 Å². The number of nitrogens with two attached hydrogens (primary N) is 1. The molecule has 0 saturated carbocycles. The molecule has 0 radical (unpaired) electrons. The number of para-hydroxylation sites is 2. The summed E-state index contributed by atoms with van der Waals surface area (Å²) in [5, 5.41) is 0. The van der Waals surface area contributed by atoms with Crippen molar-refractivity contribution < 1.29 is 22.7 Å². The molecule has 2 aromatic rings. The van der Waals surface area contributed by atoms with Gasteiger partial charge in [0.2, 0.25) is 15.9 Å². The average molecular weight is 460 g/mol. The van der Waals surface area contributed by atoms with E-state index in [4.69, 9.17) is 10.5 Å². The number of carbonyl (C=O) groups is 2. The number of anilines is 1. The molecule has 2 N–H and O–H groups in total. The van der Waals surface area contributed by atoms with Crippen LogP contribution >= 0.6 is 0 Å². The van der Waals surface area contributed by atoms with Crippen LogP contribution in [0.5, 0.6) is 5.75 Å². The fourth-order valence-electron chi connectivity index (χ4n) is 3.78. The van der Waals surface area contributed by atoms with Crippen LogP contribution in [0.2, 0.25) is 0 Å². The molecule has 0 spiro atoms. The van der Waals surface area contributed by atoms with E-state index < -0.39 is 21.8 Å². The quantitative estimate of drug-likeness (QED) is 0.653. The lowest BCUT2D eigenvalue weighted by molar-refractivity contribution is -0.117. The number of sulfonamides is 1. The van der Waals surface area contributed by atoms with Crippen LogP contribution in [-0.4, -0.2) is 51.3 Å². The first-order valence-corrected chi connectivity index (χ1v) is 12.1. The molecule has 1 fully saturated rings. The molecule has 172 valence electrons. The van der Waals surface area contributed by atoms with Gasteiger partial charge in [0.25, 0.3) is 5.91 Å². The molecule has 9 heteroatoms. The van der Waals surface area contributed by atoms with E-state index in [0.29, 0.717) is 24.5 Å². The van der Waals surface area contributed by atoms with Gasteiger partial charge in [0.15, 0.2) is 0 Å². The summed E-state index contributed by atoms with van der Waals surface area (Å²) in [7, 11) is -2.22. The van der Waals surface area contributed by atoms with Crippen molar-refractivity contribution in [3.63, 3.8) is 0 Å². The van der Waals surface area contributed by atoms with Gasteiger partial charge in [-0.15, -0.1) is 0 Å². The van der Waals surface area contributed by atoms with Crippen molar-refractivity contribution in [2.24, 2.45) is 5.73 Å². The lowest BCUT2D eigenvalue weighted by atomic mass is 10.1. The van der Waals surface area contributed by atoms with E-state index in [9.17, 15) is 18.0 Å². The number of nitrogens with zero attached hydrogens (tertiary/aromatic N) is 2. The Morgan fingerprint density at radius 1 is 1.03 bits per heavy atom. The maximum Gasteiger partial charge on any atom is 0.258 e. The number of rotatable bonds is 8. The lowest BCUT2D eigenvalue weighted by Gasteiger charge is -2.25. The summed E-state index contributed by atoms with van der Waals surface area (Å²) in [5.41, 5.74) is 5.99. The number of carbonyl (C=O) groups excluding carboxylic acids is 2. The second-order valence-electron chi connectivity index (χ2n) is 7.69. The average Bonchev–Trinajstić information content (AvgIpc) is 3.09. The maximum absolute atomic E-state index is 13.4. The molecule has 2 amide bonds. The van der Waals surface area contributed by atoms with E-state index in [1.54, 1.807) is 36.4 Å². The van der Waals surface area contributed by atoms with Crippen LogP contribution in [0, 0.1) is 0 Å². The highest BCUT2D eigenvalue weighted by Gasteiger charge is 2.27. The van der Waals surface area contributed by atoms with Crippen LogP contribution < -0.4 is 15.4 Å². The van der Waals surface area contributed by atoms with Gasteiger partial charge >= 0.3 is 0 Å². The number of hydrogen-bond acceptors (Lipinski definition) is 5. The highest BCUT2D eigenvalue weighted by atomic mass is 32.2. The number of ether oxygens (including phenoxy) is 1. The van der Waals surface area contributed by atoms with E-state index in [-0.39, 0.29) is 23.4 Å². The van der Waals surface area contributed by atoms with Crippen LogP contribution in [0.1, 0.15) is 42.5 Å². The number of methoxy groups -OCH3 is 1. The van der Waals surface area contributed by atoms with Gasteiger partial charge in [-0.1, -0.05) is 31.0 Å². The normalized spacial score (nSPS) is 15.0. The lowest BCUT2D eigenvalue weighted by Crippen LogP contribution is -2.35. The van der Waals surface area contributed by atoms with Gasteiger partial charge in [-0.3, -0.25) is 9.59 Å². The fourth-order valence-corrected chi connectivity index (χ4v) is 5.35. The Kier molecular flexibility index (Phi) is 7.87. The monoisotopic (exact) mass is 459 g/mol. The Morgan fingerprint density at radius 2 is 1.72 bits per heavy atom. The first kappa shape index (κ1) is 23.7. The SMILES string of the molecule is COc1ccccc1N(CCC(N)=O)C(=O)c1cccc(S(=O)(=O)N2CCCCCC2)c1. The van der Waals surface area contributed by atoms with Gasteiger partial charge < -0.3 is 15.4 Å². The fraction of sp³-hybridized carbons (Fsp3) is 0.391. The Bertz CT molecular complexity index is 1060. The van der Waals surface area contributed by atoms with Gasteiger partial charge in [0.1, 0.15) is 5.75 Å². The van der Waals surface area contributed by atoms with Crippen LogP contribution in [0.3, 0.4) is 0 Å². The molecular weight excluding hydrogens is 430 g/mol. The smallest absolute Gasteiger partial charge is 0.258 e. The molecule has 1 aliphatic heterocycles. The van der Waals surface area contributed by atoms with E-state index >= 15 is 0 Å². The maximum atomic E-state index is 13.4. The Labute approximate surface area is 189 Å². The second kappa shape index (κ2) is 10.6. The summed E-state index contributed by atoms with van der Waals surface area (Å²) < 4.78 is 33.3. The minimum atomic E-state index is -3.71. The van der Waals surface area contributed by atoms with Gasteiger partial charge in [0, 0.05) is 31.6 Å². The third-order valence-electron chi connectivity index (χ3n) is 5.49. The van der Waals surface area contributed by atoms with E-state index in [1.165, 1.54) is 28.4 Å². The summed E-state index contributed by atoms with van der Waals surface area (Å²) in [4.78, 5) is 26.3. The van der Waals surface area contributed by atoms with Crippen LogP contribution in [0.4, 0.5) is 5.69 Å². The second-order valence-corrected chi connectivity index (χ2v) is 9.63. The highest BCUT2D eigenvalue weighted by Crippen LogP contribution is 2.30. The van der Waals surface area contributed by atoms with E-state index in [0.717, 1.165) is 25.7 Å². The van der Waals surface area contributed by atoms with Crippen molar-refractivity contribution in [3.8, 4) is 5.75 Å². The molecule has 32 heavy (non-hydrogen) atoms. The minimum Gasteiger partial charge on any atom is -0.495 e. The van der Waals surface area contributed by atoms with Crippen molar-refractivity contribution in [1.29, 1.82) is 0 Å². The summed E-state index contributed by atoms with van der Waals surface area (Å²) in [6, 6.07) is 13.0. The molecule has 0 bridgehead atoms. The first-order valence-electron chi connectivity index (χ1n) is 10.7. The summed E-state index contributed by atoms with van der Waals surface area (Å²) in [6.07, 6.45) is 3.63. The summed E-state index contributed by atoms with van der Waals surface area (Å²) in [6.45, 7) is 0.997. The molecule has 1 heterocycles. The molecule has 0 aromatic heterocycles. The molecule has 0 atom stereocenters. The molecule has 2 aromatic carbocycles. The highest BCUT2D eigenvalue weighted by molar-refractivity contribution is 7.89. The zero-order valence-corrected chi connectivity index (χ0v) is 19.0. The van der Waals surface area contributed by atoms with E-state index in [1.807, 2.05) is 0 Å². The van der Waals surface area contributed by atoms with Crippen molar-refractivity contribution in [2.45, 2.75) is 37.0 Å². The number of amides is 2. The predicted octanol–water partition coefficient (Wildman–Crippen LogP) is 2.78. The molecule has 0 unspecified atom stereocenters. The topological polar surface area (TPSA) is 110 Å². The Balaban J connectivity index is 1.95. The molecular formula is C23H29N3O5S. The molecule has 3 rings (SSSR count). The van der Waals surface area contributed by atoms with Crippen molar-refractivity contribution in [1.82, 2.24) is 4.31 Å². The van der Waals surface area contributed by atoms with Crippen LogP contribution in [-0.2, 0) is 14.8 Å². The largest absolute Gasteiger partial charge is 0.495 e. The first-order chi connectivity index (χ1) is 15.3. The van der Waals surface area contributed by atoms with Gasteiger partial charge in [-0.2, -0.15) is 4.31 Å². The van der Waals surface area contributed by atoms with E-state index in [2.05, 4.69) is 0 Å². The third kappa shape index (κ3) is 5.46. The molecule has 0 aliphatic carbocycles. The van der Waals surface area contributed by atoms with Crippen molar-refractivity contribution in [2.75, 3.05) is 31.6 Å². The number of benzene rings is 2. The van der Waals surface area contributed by atoms with Crippen LogP contribution in [0.15, 0.2) is 53.4 Å². The zero-order valence-electron chi connectivity index (χ0n) is 18.2. The number of hydrogen-bond donors (Lipinski definition) is 1. The number of primary amides is 1. The molecule has 8 nitrogen and oxygen atoms in total. The zero-order chi connectivity index (χ0) is 23.1. The minimum absolute atomic E-state index is 0.0393. The Morgan fingerprint density at radius 3 is 2.38 bits per heavy atom. The molecule has 1 aliphatic rings. The summed E-state index contributed by atoms with van der Waals surface area (Å²) in [5.74, 6) is -0.530. The van der Waals surface area contributed by atoms with Crippen LogP contribution in [0.25, 0.3) is 0 Å².